The number of para-hydroxylation sites is 1. The predicted molar refractivity (Wildman–Crippen MR) is 64.7 cm³/mol. The van der Waals surface area contributed by atoms with Crippen LogP contribution in [0.3, 0.4) is 0 Å². The lowest BCUT2D eigenvalue weighted by molar-refractivity contribution is -0.141. The lowest BCUT2D eigenvalue weighted by Crippen LogP contribution is -2.08. The second-order valence-corrected chi connectivity index (χ2v) is 4.51. The third kappa shape index (κ3) is 2.07. The van der Waals surface area contributed by atoms with Gasteiger partial charge in [0.1, 0.15) is 18.1 Å². The highest BCUT2D eigenvalue weighted by Crippen LogP contribution is 2.41. The topological polar surface area (TPSA) is 42.4 Å². The Morgan fingerprint density at radius 3 is 2.55 bits per heavy atom. The van der Waals surface area contributed by atoms with Crippen molar-refractivity contribution in [1.82, 2.24) is 4.98 Å². The fourth-order valence-electron chi connectivity index (χ4n) is 2.28. The van der Waals surface area contributed by atoms with E-state index in [-0.39, 0.29) is 24.2 Å². The molecule has 1 N–H and O–H groups in total. The first-order valence-electron chi connectivity index (χ1n) is 5.95. The summed E-state index contributed by atoms with van der Waals surface area (Å²) in [7, 11) is 0. The quantitative estimate of drug-likeness (QED) is 0.871. The minimum Gasteiger partial charge on any atom is -0.508 e. The maximum atomic E-state index is 12.6. The second-order valence-electron chi connectivity index (χ2n) is 4.51. The van der Waals surface area contributed by atoms with E-state index in [1.54, 1.807) is 18.2 Å². The van der Waals surface area contributed by atoms with Crippen molar-refractivity contribution >= 4 is 0 Å². The molecule has 0 amide bonds. The summed E-state index contributed by atoms with van der Waals surface area (Å²) in [5, 5.41) is 9.82. The Bertz CT molecular complexity index is 655. The molecule has 104 valence electrons. The number of pyridine rings is 1. The summed E-state index contributed by atoms with van der Waals surface area (Å²) in [6.07, 6.45) is -4.49. The van der Waals surface area contributed by atoms with Gasteiger partial charge in [0, 0.05) is 11.1 Å². The van der Waals surface area contributed by atoms with Gasteiger partial charge < -0.3 is 9.84 Å². The summed E-state index contributed by atoms with van der Waals surface area (Å²) < 4.78 is 43.0. The van der Waals surface area contributed by atoms with Crippen molar-refractivity contribution in [3.05, 3.63) is 53.2 Å². The average molecular weight is 281 g/mol. The normalized spacial score (nSPS) is 17.6. The molecule has 0 saturated heterocycles. The minimum absolute atomic E-state index is 0.0203. The summed E-state index contributed by atoms with van der Waals surface area (Å²) >= 11 is 0. The molecule has 1 aliphatic heterocycles. The summed E-state index contributed by atoms with van der Waals surface area (Å²) in [6.45, 7) is 0.168. The molecule has 1 aliphatic rings. The maximum Gasteiger partial charge on any atom is 0.433 e. The number of alkyl halides is 3. The average Bonchev–Trinajstić information content (AvgIpc) is 2.81. The largest absolute Gasteiger partial charge is 0.508 e. The molecule has 6 heteroatoms. The molecule has 2 heterocycles. The number of aromatic hydroxyl groups is 1. The van der Waals surface area contributed by atoms with Crippen LogP contribution in [-0.2, 0) is 6.18 Å². The lowest BCUT2D eigenvalue weighted by Gasteiger charge is -2.11. The van der Waals surface area contributed by atoms with Gasteiger partial charge in [0.05, 0.1) is 5.92 Å². The number of hydrogen-bond acceptors (Lipinski definition) is 3. The number of ether oxygens (including phenoxy) is 1. The van der Waals surface area contributed by atoms with Crippen molar-refractivity contribution in [3.63, 3.8) is 0 Å². The molecule has 0 aliphatic carbocycles. The molecule has 3 nitrogen and oxygen atoms in total. The summed E-state index contributed by atoms with van der Waals surface area (Å²) in [6, 6.07) is 8.97. The monoisotopic (exact) mass is 281 g/mol. The number of nitrogens with zero attached hydrogens (tertiary/aromatic N) is 1. The van der Waals surface area contributed by atoms with E-state index in [4.69, 9.17) is 4.74 Å². The number of rotatable bonds is 1. The van der Waals surface area contributed by atoms with Gasteiger partial charge in [-0.2, -0.15) is 13.2 Å². The maximum absolute atomic E-state index is 12.6. The molecule has 1 aromatic carbocycles. The van der Waals surface area contributed by atoms with Crippen LogP contribution in [0.1, 0.15) is 22.7 Å². The van der Waals surface area contributed by atoms with E-state index < -0.39 is 11.9 Å². The molecule has 3 rings (SSSR count). The Kier molecular flexibility index (Phi) is 2.81. The molecule has 1 atom stereocenters. The molecule has 1 aromatic heterocycles. The Balaban J connectivity index is 2.02. The molecule has 0 bridgehead atoms. The number of hydrogen-bond donors (Lipinski definition) is 1. The zero-order valence-corrected chi connectivity index (χ0v) is 10.2. The van der Waals surface area contributed by atoms with Gasteiger partial charge in [-0.1, -0.05) is 24.3 Å². The van der Waals surface area contributed by atoms with E-state index >= 15 is 0 Å². The van der Waals surface area contributed by atoms with Gasteiger partial charge in [-0.3, -0.25) is 0 Å². The standard InChI is InChI=1S/C14H10F3NO2/c15-14(16,17)12-6-5-9-10(7-20-13(9)18-12)8-3-1-2-4-11(8)19/h1-6,10,19H,7H2/t10-/m1/s1. The van der Waals surface area contributed by atoms with Gasteiger partial charge in [-0.15, -0.1) is 0 Å². The molecule has 0 fully saturated rings. The van der Waals surface area contributed by atoms with Crippen LogP contribution in [0.4, 0.5) is 13.2 Å². The number of fused-ring (bicyclic) bond motifs is 1. The fourth-order valence-corrected chi connectivity index (χ4v) is 2.28. The van der Waals surface area contributed by atoms with Gasteiger partial charge in [0.25, 0.3) is 0 Å². The molecule has 0 unspecified atom stereocenters. The second kappa shape index (κ2) is 4.40. The van der Waals surface area contributed by atoms with E-state index in [0.29, 0.717) is 11.1 Å². The Morgan fingerprint density at radius 1 is 1.10 bits per heavy atom. The van der Waals surface area contributed by atoms with E-state index in [9.17, 15) is 18.3 Å². The zero-order chi connectivity index (χ0) is 14.3. The molecule has 0 spiro atoms. The summed E-state index contributed by atoms with van der Waals surface area (Å²) in [4.78, 5) is 3.50. The van der Waals surface area contributed by atoms with Crippen LogP contribution in [0.15, 0.2) is 36.4 Å². The highest BCUT2D eigenvalue weighted by molar-refractivity contribution is 5.47. The fraction of sp³-hybridized carbons (Fsp3) is 0.214. The Morgan fingerprint density at radius 2 is 1.85 bits per heavy atom. The third-order valence-electron chi connectivity index (χ3n) is 3.25. The van der Waals surface area contributed by atoms with Crippen LogP contribution in [0.25, 0.3) is 0 Å². The van der Waals surface area contributed by atoms with Gasteiger partial charge >= 0.3 is 6.18 Å². The Labute approximate surface area is 112 Å². The first-order valence-corrected chi connectivity index (χ1v) is 5.95. The smallest absolute Gasteiger partial charge is 0.433 e. The first kappa shape index (κ1) is 12.8. The van der Waals surface area contributed by atoms with E-state index in [1.807, 2.05) is 0 Å². The van der Waals surface area contributed by atoms with Gasteiger partial charge in [-0.25, -0.2) is 4.98 Å². The van der Waals surface area contributed by atoms with E-state index in [2.05, 4.69) is 4.98 Å². The van der Waals surface area contributed by atoms with Crippen LogP contribution >= 0.6 is 0 Å². The van der Waals surface area contributed by atoms with Crippen molar-refractivity contribution in [2.24, 2.45) is 0 Å². The van der Waals surface area contributed by atoms with Crippen molar-refractivity contribution < 1.29 is 23.0 Å². The van der Waals surface area contributed by atoms with Crippen LogP contribution in [0.5, 0.6) is 11.6 Å². The number of benzene rings is 1. The Hall–Kier alpha value is -2.24. The molecule has 20 heavy (non-hydrogen) atoms. The van der Waals surface area contributed by atoms with Crippen molar-refractivity contribution in [2.45, 2.75) is 12.1 Å². The SMILES string of the molecule is Oc1ccccc1[C@H]1COc2nc(C(F)(F)F)ccc21. The summed E-state index contributed by atoms with van der Waals surface area (Å²) in [5.74, 6) is -0.233. The van der Waals surface area contributed by atoms with Gasteiger partial charge in [-0.05, 0) is 12.1 Å². The van der Waals surface area contributed by atoms with Crippen molar-refractivity contribution in [1.29, 1.82) is 0 Å². The zero-order valence-electron chi connectivity index (χ0n) is 10.2. The molecule has 2 aromatic rings. The predicted octanol–water partition coefficient (Wildman–Crippen LogP) is 3.33. The molecule has 0 saturated carbocycles. The van der Waals surface area contributed by atoms with Gasteiger partial charge in [0.2, 0.25) is 5.88 Å². The molecule has 0 radical (unpaired) electrons. The molecular formula is C14H10F3NO2. The van der Waals surface area contributed by atoms with Crippen molar-refractivity contribution in [3.8, 4) is 11.6 Å². The first-order chi connectivity index (χ1) is 9.47. The van der Waals surface area contributed by atoms with E-state index in [1.165, 1.54) is 12.1 Å². The number of phenols is 1. The number of halogens is 3. The van der Waals surface area contributed by atoms with Crippen molar-refractivity contribution in [2.75, 3.05) is 6.61 Å². The summed E-state index contributed by atoms with van der Waals surface area (Å²) in [5.41, 5.74) is 0.196. The number of phenolic OH excluding ortho intramolecular Hbond substituents is 1. The minimum atomic E-state index is -4.49. The van der Waals surface area contributed by atoms with Gasteiger partial charge in [0.15, 0.2) is 0 Å². The van der Waals surface area contributed by atoms with Crippen LogP contribution in [0.2, 0.25) is 0 Å². The number of aromatic nitrogens is 1. The lowest BCUT2D eigenvalue weighted by atomic mass is 9.93. The highest BCUT2D eigenvalue weighted by Gasteiger charge is 2.36. The van der Waals surface area contributed by atoms with E-state index in [0.717, 1.165) is 6.07 Å². The van der Waals surface area contributed by atoms with Crippen LogP contribution in [0, 0.1) is 0 Å². The van der Waals surface area contributed by atoms with Crippen LogP contribution in [-0.4, -0.2) is 16.7 Å². The van der Waals surface area contributed by atoms with Crippen LogP contribution < -0.4 is 4.74 Å². The third-order valence-corrected chi connectivity index (χ3v) is 3.25. The molecular weight excluding hydrogens is 271 g/mol. The highest BCUT2D eigenvalue weighted by atomic mass is 19.4.